The van der Waals surface area contributed by atoms with Gasteiger partial charge in [-0.2, -0.15) is 0 Å². The van der Waals surface area contributed by atoms with Crippen LogP contribution in [0.1, 0.15) is 10.4 Å². The lowest BCUT2D eigenvalue weighted by molar-refractivity contribution is 0.100. The summed E-state index contributed by atoms with van der Waals surface area (Å²) in [6.07, 6.45) is 0. The van der Waals surface area contributed by atoms with Crippen LogP contribution in [0.3, 0.4) is 0 Å². The molecule has 0 unspecified atom stereocenters. The highest BCUT2D eigenvalue weighted by Gasteiger charge is 2.10. The first kappa shape index (κ1) is 14.6. The Morgan fingerprint density at radius 3 is 2.65 bits per heavy atom. The van der Waals surface area contributed by atoms with Crippen molar-refractivity contribution in [2.75, 3.05) is 25.6 Å². The summed E-state index contributed by atoms with van der Waals surface area (Å²) in [5.41, 5.74) is 1.65. The average Bonchev–Trinajstić information content (AvgIpc) is 2.47. The molecule has 4 heteroatoms. The van der Waals surface area contributed by atoms with Gasteiger partial charge in [0.25, 0.3) is 0 Å². The van der Waals surface area contributed by atoms with Gasteiger partial charge in [0, 0.05) is 28.8 Å². The average molecular weight is 334 g/mol. The van der Waals surface area contributed by atoms with E-state index in [-0.39, 0.29) is 5.78 Å². The lowest BCUT2D eigenvalue weighted by atomic mass is 10.1. The fourth-order valence-corrected chi connectivity index (χ4v) is 2.31. The summed E-state index contributed by atoms with van der Waals surface area (Å²) in [5, 5.41) is 0. The molecule has 2 rings (SSSR count). The maximum Gasteiger partial charge on any atom is 0.182 e. The van der Waals surface area contributed by atoms with Crippen LogP contribution in [0.5, 0.6) is 5.75 Å². The highest BCUT2D eigenvalue weighted by atomic mass is 79.9. The van der Waals surface area contributed by atoms with Crippen LogP contribution in [0.15, 0.2) is 53.0 Å². The number of anilines is 1. The first-order chi connectivity index (χ1) is 9.60. The molecule has 0 fully saturated rings. The molecule has 104 valence electrons. The van der Waals surface area contributed by atoms with Crippen LogP contribution in [-0.2, 0) is 0 Å². The molecule has 0 aliphatic heterocycles. The van der Waals surface area contributed by atoms with E-state index < -0.39 is 0 Å². The van der Waals surface area contributed by atoms with Crippen molar-refractivity contribution in [3.8, 4) is 5.75 Å². The van der Waals surface area contributed by atoms with E-state index in [2.05, 4.69) is 15.9 Å². The number of ketones is 1. The van der Waals surface area contributed by atoms with Crippen molar-refractivity contribution in [3.63, 3.8) is 0 Å². The van der Waals surface area contributed by atoms with E-state index in [0.717, 1.165) is 15.9 Å². The predicted molar refractivity (Wildman–Crippen MR) is 84.7 cm³/mol. The molecular weight excluding hydrogens is 318 g/mol. The normalized spacial score (nSPS) is 10.2. The van der Waals surface area contributed by atoms with Crippen molar-refractivity contribution < 1.29 is 9.53 Å². The fraction of sp³-hybridized carbons (Fsp3) is 0.188. The van der Waals surface area contributed by atoms with E-state index in [4.69, 9.17) is 4.74 Å². The second-order valence-electron chi connectivity index (χ2n) is 4.49. The van der Waals surface area contributed by atoms with Crippen LogP contribution in [0.25, 0.3) is 0 Å². The van der Waals surface area contributed by atoms with Crippen molar-refractivity contribution in [3.05, 3.63) is 58.6 Å². The van der Waals surface area contributed by atoms with Gasteiger partial charge in [0.05, 0.1) is 13.7 Å². The number of carbonyl (C=O) groups is 1. The molecule has 0 aromatic heterocycles. The Balaban J connectivity index is 2.10. The molecule has 2 aromatic rings. The molecule has 0 saturated carbocycles. The van der Waals surface area contributed by atoms with Gasteiger partial charge in [0.2, 0.25) is 0 Å². The molecule has 0 atom stereocenters. The van der Waals surface area contributed by atoms with Crippen LogP contribution < -0.4 is 9.64 Å². The van der Waals surface area contributed by atoms with Crippen LogP contribution in [0.2, 0.25) is 0 Å². The number of rotatable bonds is 5. The fourth-order valence-electron chi connectivity index (χ4n) is 1.91. The topological polar surface area (TPSA) is 29.5 Å². The zero-order valence-corrected chi connectivity index (χ0v) is 13.1. The number of Topliss-reactive ketones (excluding diaryl/α,β-unsaturated/α-hetero) is 1. The summed E-state index contributed by atoms with van der Waals surface area (Å²) >= 11 is 3.38. The number of benzene rings is 2. The maximum atomic E-state index is 12.2. The highest BCUT2D eigenvalue weighted by Crippen LogP contribution is 2.20. The zero-order valence-electron chi connectivity index (χ0n) is 11.5. The number of hydrogen-bond acceptors (Lipinski definition) is 3. The Bertz CT molecular complexity index is 613. The van der Waals surface area contributed by atoms with E-state index in [1.165, 1.54) is 0 Å². The van der Waals surface area contributed by atoms with Crippen LogP contribution >= 0.6 is 15.9 Å². The van der Waals surface area contributed by atoms with Gasteiger partial charge in [-0.05, 0) is 24.3 Å². The van der Waals surface area contributed by atoms with Gasteiger partial charge >= 0.3 is 0 Å². The van der Waals surface area contributed by atoms with Crippen molar-refractivity contribution in [2.24, 2.45) is 0 Å². The van der Waals surface area contributed by atoms with E-state index in [1.54, 1.807) is 7.11 Å². The number of methoxy groups -OCH3 is 1. The summed E-state index contributed by atoms with van der Waals surface area (Å²) in [5.74, 6) is 0.862. The Kier molecular flexibility index (Phi) is 4.79. The number of likely N-dealkylation sites (N-methyl/N-ethyl adjacent to an activating group) is 1. The lowest BCUT2D eigenvalue weighted by Gasteiger charge is -2.19. The van der Waals surface area contributed by atoms with E-state index in [9.17, 15) is 4.79 Å². The molecular formula is C16H16BrNO2. The van der Waals surface area contributed by atoms with Gasteiger partial charge in [0.1, 0.15) is 5.75 Å². The molecule has 0 bridgehead atoms. The van der Waals surface area contributed by atoms with Gasteiger partial charge in [-0.15, -0.1) is 0 Å². The van der Waals surface area contributed by atoms with Gasteiger partial charge in [-0.1, -0.05) is 34.1 Å². The summed E-state index contributed by atoms with van der Waals surface area (Å²) in [6, 6.07) is 15.1. The Morgan fingerprint density at radius 1 is 1.20 bits per heavy atom. The SMILES string of the molecule is COc1cccc(N(C)CC(=O)c2cccc(Br)c2)c1. The monoisotopic (exact) mass is 333 g/mol. The molecule has 0 saturated heterocycles. The van der Waals surface area contributed by atoms with Gasteiger partial charge in [-0.3, -0.25) is 4.79 Å². The number of hydrogen-bond donors (Lipinski definition) is 0. The molecule has 0 N–H and O–H groups in total. The Labute approximate surface area is 127 Å². The standard InChI is InChI=1S/C16H16BrNO2/c1-18(14-7-4-8-15(10-14)20-2)11-16(19)12-5-3-6-13(17)9-12/h3-10H,11H2,1-2H3. The second kappa shape index (κ2) is 6.57. The van der Waals surface area contributed by atoms with Crippen LogP contribution in [0, 0.1) is 0 Å². The third-order valence-electron chi connectivity index (χ3n) is 3.02. The molecule has 20 heavy (non-hydrogen) atoms. The largest absolute Gasteiger partial charge is 0.497 e. The summed E-state index contributed by atoms with van der Waals surface area (Å²) in [6.45, 7) is 0.323. The van der Waals surface area contributed by atoms with Crippen LogP contribution in [-0.4, -0.2) is 26.5 Å². The molecule has 0 aliphatic carbocycles. The minimum Gasteiger partial charge on any atom is -0.497 e. The number of nitrogens with zero attached hydrogens (tertiary/aromatic N) is 1. The smallest absolute Gasteiger partial charge is 0.182 e. The molecule has 0 heterocycles. The summed E-state index contributed by atoms with van der Waals surface area (Å²) in [7, 11) is 3.52. The molecule has 0 aliphatic rings. The third kappa shape index (κ3) is 3.61. The number of halogens is 1. The van der Waals surface area contributed by atoms with Crippen molar-refractivity contribution >= 4 is 27.4 Å². The quantitative estimate of drug-likeness (QED) is 0.780. The summed E-state index contributed by atoms with van der Waals surface area (Å²) in [4.78, 5) is 14.1. The molecule has 2 aromatic carbocycles. The zero-order chi connectivity index (χ0) is 14.5. The minimum atomic E-state index is 0.0802. The molecule has 0 radical (unpaired) electrons. The van der Waals surface area contributed by atoms with Gasteiger partial charge in [0.15, 0.2) is 5.78 Å². The predicted octanol–water partition coefficient (Wildman–Crippen LogP) is 3.78. The first-order valence-electron chi connectivity index (χ1n) is 6.24. The maximum absolute atomic E-state index is 12.2. The minimum absolute atomic E-state index is 0.0802. The van der Waals surface area contributed by atoms with E-state index in [1.807, 2.05) is 60.5 Å². The molecule has 0 amide bonds. The Morgan fingerprint density at radius 2 is 1.95 bits per heavy atom. The van der Waals surface area contributed by atoms with Gasteiger partial charge < -0.3 is 9.64 Å². The third-order valence-corrected chi connectivity index (χ3v) is 3.51. The molecule has 3 nitrogen and oxygen atoms in total. The lowest BCUT2D eigenvalue weighted by Crippen LogP contribution is -2.25. The highest BCUT2D eigenvalue weighted by molar-refractivity contribution is 9.10. The molecule has 0 spiro atoms. The number of ether oxygens (including phenoxy) is 1. The summed E-state index contributed by atoms with van der Waals surface area (Å²) < 4.78 is 6.10. The van der Waals surface area contributed by atoms with E-state index >= 15 is 0 Å². The van der Waals surface area contributed by atoms with Crippen LogP contribution in [0.4, 0.5) is 5.69 Å². The van der Waals surface area contributed by atoms with Gasteiger partial charge in [-0.25, -0.2) is 0 Å². The van der Waals surface area contributed by atoms with Crippen molar-refractivity contribution in [1.82, 2.24) is 0 Å². The first-order valence-corrected chi connectivity index (χ1v) is 7.03. The number of carbonyl (C=O) groups excluding carboxylic acids is 1. The van der Waals surface area contributed by atoms with Crippen molar-refractivity contribution in [1.29, 1.82) is 0 Å². The van der Waals surface area contributed by atoms with E-state index in [0.29, 0.717) is 12.1 Å². The second-order valence-corrected chi connectivity index (χ2v) is 5.41. The Hall–Kier alpha value is -1.81. The van der Waals surface area contributed by atoms with Crippen molar-refractivity contribution in [2.45, 2.75) is 0 Å².